The van der Waals surface area contributed by atoms with E-state index in [-0.39, 0.29) is 5.69 Å². The van der Waals surface area contributed by atoms with Crippen LogP contribution >= 0.6 is 11.5 Å². The van der Waals surface area contributed by atoms with Gasteiger partial charge < -0.3 is 5.32 Å². The van der Waals surface area contributed by atoms with Gasteiger partial charge in [0.25, 0.3) is 0 Å². The molecule has 0 saturated carbocycles. The summed E-state index contributed by atoms with van der Waals surface area (Å²) in [5.74, 6) is 0. The Morgan fingerprint density at radius 1 is 1.22 bits per heavy atom. The molecule has 0 aliphatic carbocycles. The van der Waals surface area contributed by atoms with Crippen molar-refractivity contribution in [2.45, 2.75) is 40.2 Å². The molecule has 0 aliphatic rings. The minimum absolute atomic E-state index is 0.157. The van der Waals surface area contributed by atoms with E-state index in [9.17, 15) is 9.59 Å². The maximum atomic E-state index is 12.8. The molecule has 0 atom stereocenters. The average Bonchev–Trinajstić information content (AvgIpc) is 2.88. The van der Waals surface area contributed by atoms with Crippen LogP contribution in [0, 0.1) is 0 Å². The Morgan fingerprint density at radius 3 is 2.30 bits per heavy atom. The Labute approximate surface area is 139 Å². The summed E-state index contributed by atoms with van der Waals surface area (Å²) in [4.78, 5) is 28.9. The lowest BCUT2D eigenvalue weighted by Crippen LogP contribution is -2.31. The number of amides is 2. The van der Waals surface area contributed by atoms with E-state index in [2.05, 4.69) is 24.2 Å². The van der Waals surface area contributed by atoms with Gasteiger partial charge in [0.05, 0.1) is 5.69 Å². The maximum Gasteiger partial charge on any atom is 0.344 e. The van der Waals surface area contributed by atoms with Crippen molar-refractivity contribution in [3.8, 4) is 5.69 Å². The zero-order valence-corrected chi connectivity index (χ0v) is 14.7. The number of carbonyl (C=O) groups is 1. The molecule has 0 bridgehead atoms. The standard InChI is InChI=1S/C16H22N4O2S/c1-5-11-9-8-10-12(6-2)13(11)20-15(18-14(21)17-4)23-19(7-3)16(20)22/h8-10H,5-7H2,1-4H3,(H,17,21)/b18-15-. The van der Waals surface area contributed by atoms with Crippen LogP contribution in [0.15, 0.2) is 28.0 Å². The smallest absolute Gasteiger partial charge is 0.339 e. The highest BCUT2D eigenvalue weighted by Gasteiger charge is 2.16. The van der Waals surface area contributed by atoms with Crippen LogP contribution in [0.3, 0.4) is 0 Å². The highest BCUT2D eigenvalue weighted by Crippen LogP contribution is 2.19. The number of nitrogens with one attached hydrogen (secondary N) is 1. The van der Waals surface area contributed by atoms with E-state index in [1.54, 1.807) is 8.52 Å². The first-order valence-corrected chi connectivity index (χ1v) is 8.55. The lowest BCUT2D eigenvalue weighted by molar-refractivity contribution is 0.250. The summed E-state index contributed by atoms with van der Waals surface area (Å²) >= 11 is 1.20. The molecule has 0 aliphatic heterocycles. The monoisotopic (exact) mass is 334 g/mol. The summed E-state index contributed by atoms with van der Waals surface area (Å²) < 4.78 is 3.18. The van der Waals surface area contributed by atoms with Crippen LogP contribution in [0.1, 0.15) is 31.9 Å². The quantitative estimate of drug-likeness (QED) is 0.930. The number of rotatable bonds is 4. The largest absolute Gasteiger partial charge is 0.344 e. The fourth-order valence-electron chi connectivity index (χ4n) is 2.48. The minimum atomic E-state index is -0.463. The lowest BCUT2D eigenvalue weighted by Gasteiger charge is -2.12. The third-order valence-corrected chi connectivity index (χ3v) is 4.75. The Bertz CT molecular complexity index is 807. The normalized spacial score (nSPS) is 11.7. The third kappa shape index (κ3) is 3.29. The molecular formula is C16H22N4O2S. The van der Waals surface area contributed by atoms with Crippen molar-refractivity contribution in [2.24, 2.45) is 4.99 Å². The third-order valence-electron chi connectivity index (χ3n) is 3.67. The second kappa shape index (κ2) is 7.41. The van der Waals surface area contributed by atoms with Crippen LogP contribution in [-0.4, -0.2) is 21.6 Å². The van der Waals surface area contributed by atoms with Gasteiger partial charge in [-0.25, -0.2) is 18.1 Å². The van der Waals surface area contributed by atoms with Gasteiger partial charge in [-0.05, 0) is 42.4 Å². The van der Waals surface area contributed by atoms with Gasteiger partial charge in [-0.15, -0.1) is 0 Å². The van der Waals surface area contributed by atoms with Crippen molar-refractivity contribution >= 4 is 17.6 Å². The summed E-state index contributed by atoms with van der Waals surface area (Å²) in [5, 5.41) is 2.47. The molecule has 2 rings (SSSR count). The van der Waals surface area contributed by atoms with Crippen molar-refractivity contribution in [1.29, 1.82) is 0 Å². The SMILES string of the molecule is CCc1cccc(CC)c1-n1c(=O)n(CC)s/c1=N\C(=O)NC. The molecule has 0 saturated heterocycles. The highest BCUT2D eigenvalue weighted by molar-refractivity contribution is 7.03. The Kier molecular flexibility index (Phi) is 5.54. The van der Waals surface area contributed by atoms with Crippen LogP contribution < -0.4 is 15.8 Å². The second-order valence-corrected chi connectivity index (χ2v) is 5.97. The number of urea groups is 1. The van der Waals surface area contributed by atoms with Gasteiger partial charge in [-0.3, -0.25) is 0 Å². The van der Waals surface area contributed by atoms with Crippen molar-refractivity contribution < 1.29 is 4.79 Å². The van der Waals surface area contributed by atoms with Crippen LogP contribution in [-0.2, 0) is 19.4 Å². The molecule has 7 heteroatoms. The van der Waals surface area contributed by atoms with Gasteiger partial charge in [0, 0.05) is 13.6 Å². The van der Waals surface area contributed by atoms with Gasteiger partial charge >= 0.3 is 11.7 Å². The molecule has 124 valence electrons. The first-order chi connectivity index (χ1) is 11.1. The molecular weight excluding hydrogens is 312 g/mol. The molecule has 1 aromatic carbocycles. The number of nitrogens with zero attached hydrogens (tertiary/aromatic N) is 3. The van der Waals surface area contributed by atoms with Crippen LogP contribution in [0.5, 0.6) is 0 Å². The lowest BCUT2D eigenvalue weighted by atomic mass is 10.0. The summed E-state index contributed by atoms with van der Waals surface area (Å²) in [6.07, 6.45) is 1.61. The van der Waals surface area contributed by atoms with Gasteiger partial charge in [-0.1, -0.05) is 32.0 Å². The molecule has 6 nitrogen and oxygen atoms in total. The van der Waals surface area contributed by atoms with Gasteiger partial charge in [-0.2, -0.15) is 4.99 Å². The van der Waals surface area contributed by atoms with Crippen LogP contribution in [0.2, 0.25) is 0 Å². The predicted octanol–water partition coefficient (Wildman–Crippen LogP) is 2.09. The minimum Gasteiger partial charge on any atom is -0.339 e. The molecule has 1 heterocycles. The van der Waals surface area contributed by atoms with Gasteiger partial charge in [0.2, 0.25) is 4.80 Å². The Morgan fingerprint density at radius 2 is 1.83 bits per heavy atom. The van der Waals surface area contributed by atoms with Crippen molar-refractivity contribution in [2.75, 3.05) is 7.05 Å². The number of para-hydroxylation sites is 1. The van der Waals surface area contributed by atoms with Crippen LogP contribution in [0.4, 0.5) is 4.79 Å². The number of aromatic nitrogens is 2. The van der Waals surface area contributed by atoms with Gasteiger partial charge in [0.1, 0.15) is 0 Å². The molecule has 2 amide bonds. The predicted molar refractivity (Wildman–Crippen MR) is 92.4 cm³/mol. The molecule has 0 unspecified atom stereocenters. The first-order valence-electron chi connectivity index (χ1n) is 7.78. The molecule has 0 fully saturated rings. The summed E-state index contributed by atoms with van der Waals surface area (Å²) in [7, 11) is 1.52. The van der Waals surface area contributed by atoms with Crippen molar-refractivity contribution in [1.82, 2.24) is 13.8 Å². The molecule has 0 radical (unpaired) electrons. The molecule has 2 aromatic rings. The zero-order valence-electron chi connectivity index (χ0n) is 13.9. The summed E-state index contributed by atoms with van der Waals surface area (Å²) in [6, 6.07) is 5.56. The average molecular weight is 334 g/mol. The Hall–Kier alpha value is -2.15. The number of hydrogen-bond donors (Lipinski definition) is 1. The van der Waals surface area contributed by atoms with Crippen LogP contribution in [0.25, 0.3) is 5.69 Å². The number of hydrogen-bond acceptors (Lipinski definition) is 3. The van der Waals surface area contributed by atoms with E-state index in [0.29, 0.717) is 11.3 Å². The van der Waals surface area contributed by atoms with E-state index >= 15 is 0 Å². The topological polar surface area (TPSA) is 68.4 Å². The zero-order chi connectivity index (χ0) is 17.0. The number of carbonyl (C=O) groups excluding carboxylic acids is 1. The highest BCUT2D eigenvalue weighted by atomic mass is 32.1. The maximum absolute atomic E-state index is 12.8. The van der Waals surface area contributed by atoms with E-state index in [1.165, 1.54) is 18.6 Å². The fraction of sp³-hybridized carbons (Fsp3) is 0.438. The number of benzene rings is 1. The van der Waals surface area contributed by atoms with Gasteiger partial charge in [0.15, 0.2) is 0 Å². The van der Waals surface area contributed by atoms with E-state index in [0.717, 1.165) is 29.7 Å². The van der Waals surface area contributed by atoms with E-state index in [1.807, 2.05) is 25.1 Å². The summed E-state index contributed by atoms with van der Waals surface area (Å²) in [5.41, 5.74) is 2.84. The van der Waals surface area contributed by atoms with Crippen molar-refractivity contribution in [3.05, 3.63) is 44.6 Å². The second-order valence-electron chi connectivity index (χ2n) is 4.99. The molecule has 23 heavy (non-hydrogen) atoms. The van der Waals surface area contributed by atoms with Crippen molar-refractivity contribution in [3.63, 3.8) is 0 Å². The molecule has 0 spiro atoms. The summed E-state index contributed by atoms with van der Waals surface area (Å²) in [6.45, 7) is 6.55. The van der Waals surface area contributed by atoms with E-state index < -0.39 is 6.03 Å². The van der Waals surface area contributed by atoms with E-state index in [4.69, 9.17) is 0 Å². The first kappa shape index (κ1) is 17.2. The molecule has 1 N–H and O–H groups in total. The fourth-order valence-corrected chi connectivity index (χ4v) is 3.34. The Balaban J connectivity index is 2.89. The number of aryl methyl sites for hydroxylation is 3. The molecule has 1 aromatic heterocycles.